The summed E-state index contributed by atoms with van der Waals surface area (Å²) in [5, 5.41) is 0. The van der Waals surface area contributed by atoms with Crippen LogP contribution < -0.4 is 4.74 Å². The number of ether oxygens (including phenoxy) is 1. The van der Waals surface area contributed by atoms with Gasteiger partial charge in [0.2, 0.25) is 11.6 Å². The molecule has 4 heteroatoms. The van der Waals surface area contributed by atoms with Crippen molar-refractivity contribution in [1.82, 2.24) is 4.98 Å². The molecule has 0 aliphatic heterocycles. The maximum absolute atomic E-state index is 6.91. The molecule has 0 aliphatic rings. The molecular weight excluding hydrogens is 232 g/mol. The number of pyridine rings is 1. The van der Waals surface area contributed by atoms with Crippen molar-refractivity contribution >= 4 is 21.6 Å². The van der Waals surface area contributed by atoms with Crippen molar-refractivity contribution in [2.24, 2.45) is 0 Å². The Morgan fingerprint density at radius 1 is 1.62 bits per heavy atom. The van der Waals surface area contributed by atoms with Crippen molar-refractivity contribution in [1.29, 1.82) is 0 Å². The van der Waals surface area contributed by atoms with Gasteiger partial charge in [0.1, 0.15) is 0 Å². The molecule has 13 heavy (non-hydrogen) atoms. The molecule has 0 radical (unpaired) electrons. The lowest BCUT2D eigenvalue weighted by atomic mass is 10.4. The second kappa shape index (κ2) is 4.24. The summed E-state index contributed by atoms with van der Waals surface area (Å²) in [7, 11) is 0. The topological polar surface area (TPSA) is 26.5 Å². The van der Waals surface area contributed by atoms with Crippen molar-refractivity contribution in [2.75, 3.05) is 0 Å². The average molecular weight is 241 g/mol. The van der Waals surface area contributed by atoms with Crippen molar-refractivity contribution in [3.63, 3.8) is 0 Å². The molecule has 0 N–H and O–H groups in total. The lowest BCUT2D eigenvalue weighted by molar-refractivity contribution is 0.234. The maximum atomic E-state index is 6.91. The van der Waals surface area contributed by atoms with Gasteiger partial charge >= 0.3 is 0 Å². The van der Waals surface area contributed by atoms with Crippen molar-refractivity contribution in [3.05, 3.63) is 28.2 Å². The van der Waals surface area contributed by atoms with Crippen LogP contribution in [0.2, 0.25) is 0 Å². The molecule has 0 amide bonds. The first-order valence-corrected chi connectivity index (χ1v) is 4.62. The van der Waals surface area contributed by atoms with E-state index in [1.807, 2.05) is 13.8 Å². The third kappa shape index (κ3) is 2.71. The van der Waals surface area contributed by atoms with Crippen molar-refractivity contribution in [2.45, 2.75) is 20.0 Å². The lowest BCUT2D eigenvalue weighted by Crippen LogP contribution is -2.06. The first kappa shape index (κ1) is 10.0. The number of hydrogen-bond donors (Lipinski definition) is 0. The first-order valence-electron chi connectivity index (χ1n) is 3.83. The van der Waals surface area contributed by atoms with Gasteiger partial charge in [-0.15, -0.1) is 0 Å². The molecule has 0 spiro atoms. The molecule has 3 nitrogen and oxygen atoms in total. The normalized spacial score (nSPS) is 9.77. The monoisotopic (exact) mass is 240 g/mol. The summed E-state index contributed by atoms with van der Waals surface area (Å²) in [4.78, 5) is 7.32. The predicted molar refractivity (Wildman–Crippen MR) is 54.0 cm³/mol. The van der Waals surface area contributed by atoms with Crippen LogP contribution in [0.25, 0.3) is 4.85 Å². The molecule has 68 valence electrons. The van der Waals surface area contributed by atoms with Gasteiger partial charge in [0, 0.05) is 10.7 Å². The van der Waals surface area contributed by atoms with E-state index in [9.17, 15) is 0 Å². The highest BCUT2D eigenvalue weighted by atomic mass is 79.9. The van der Waals surface area contributed by atoms with E-state index in [1.165, 1.54) is 0 Å². The molecule has 1 heterocycles. The molecule has 0 fully saturated rings. The van der Waals surface area contributed by atoms with Crippen LogP contribution >= 0.6 is 15.9 Å². The number of rotatable bonds is 2. The van der Waals surface area contributed by atoms with Gasteiger partial charge in [0.15, 0.2) is 0 Å². The molecule has 0 saturated heterocycles. The molecule has 0 bridgehead atoms. The second-order valence-corrected chi connectivity index (χ2v) is 3.67. The van der Waals surface area contributed by atoms with Crippen LogP contribution in [0.3, 0.4) is 0 Å². The van der Waals surface area contributed by atoms with Crippen LogP contribution in [0.15, 0.2) is 16.7 Å². The number of halogens is 1. The van der Waals surface area contributed by atoms with Crippen LogP contribution in [0.5, 0.6) is 5.88 Å². The van der Waals surface area contributed by atoms with Gasteiger partial charge in [-0.2, -0.15) is 0 Å². The average Bonchev–Trinajstić information content (AvgIpc) is 2.07. The van der Waals surface area contributed by atoms with E-state index in [-0.39, 0.29) is 6.10 Å². The largest absolute Gasteiger partial charge is 0.484 e. The molecule has 1 aromatic rings. The van der Waals surface area contributed by atoms with Crippen LogP contribution in [0, 0.1) is 6.57 Å². The smallest absolute Gasteiger partial charge is 0.248 e. The van der Waals surface area contributed by atoms with Crippen LogP contribution in [0.1, 0.15) is 13.8 Å². The van der Waals surface area contributed by atoms with E-state index in [0.717, 1.165) is 4.47 Å². The number of nitrogens with zero attached hydrogens (tertiary/aromatic N) is 2. The second-order valence-electron chi connectivity index (χ2n) is 2.76. The molecule has 1 aromatic heterocycles. The Morgan fingerprint density at radius 3 is 2.85 bits per heavy atom. The predicted octanol–water partition coefficient (Wildman–Crippen LogP) is 3.18. The fourth-order valence-electron chi connectivity index (χ4n) is 0.810. The molecule has 1 rings (SSSR count). The molecule has 0 aliphatic carbocycles. The summed E-state index contributed by atoms with van der Waals surface area (Å²) in [5.74, 6) is 0.396. The van der Waals surface area contributed by atoms with Gasteiger partial charge in [-0.05, 0) is 19.9 Å². The zero-order valence-electron chi connectivity index (χ0n) is 7.41. The Hall–Kier alpha value is -1.08. The summed E-state index contributed by atoms with van der Waals surface area (Å²) in [6, 6.07) is 1.69. The van der Waals surface area contributed by atoms with Gasteiger partial charge < -0.3 is 4.74 Å². The minimum absolute atomic E-state index is 0.0363. The summed E-state index contributed by atoms with van der Waals surface area (Å²) < 4.78 is 6.13. The highest BCUT2D eigenvalue weighted by molar-refractivity contribution is 9.10. The van der Waals surface area contributed by atoms with Gasteiger partial charge in [-0.3, -0.25) is 0 Å². The highest BCUT2D eigenvalue weighted by Gasteiger charge is 2.07. The van der Waals surface area contributed by atoms with Gasteiger partial charge in [-0.1, -0.05) is 15.9 Å². The third-order valence-electron chi connectivity index (χ3n) is 1.27. The SMILES string of the molecule is [C-]#[N+]c1cc(Br)cnc1OC(C)C. The summed E-state index contributed by atoms with van der Waals surface area (Å²) in [5.41, 5.74) is 0.433. The zero-order chi connectivity index (χ0) is 9.84. The molecule has 0 aromatic carbocycles. The zero-order valence-corrected chi connectivity index (χ0v) is 9.00. The Bertz CT molecular complexity index is 344. The Labute approximate surface area is 85.7 Å². The van der Waals surface area contributed by atoms with Crippen LogP contribution in [0.4, 0.5) is 5.69 Å². The molecular formula is C9H9BrN2O. The summed E-state index contributed by atoms with van der Waals surface area (Å²) >= 11 is 3.24. The van der Waals surface area contributed by atoms with E-state index < -0.39 is 0 Å². The summed E-state index contributed by atoms with van der Waals surface area (Å²) in [6.07, 6.45) is 1.65. The van der Waals surface area contributed by atoms with Gasteiger partial charge in [0.25, 0.3) is 0 Å². The maximum Gasteiger partial charge on any atom is 0.248 e. The van der Waals surface area contributed by atoms with Crippen LogP contribution in [-0.2, 0) is 0 Å². The van der Waals surface area contributed by atoms with Crippen molar-refractivity contribution < 1.29 is 4.74 Å². The number of aromatic nitrogens is 1. The fraction of sp³-hybridized carbons (Fsp3) is 0.333. The Kier molecular flexibility index (Phi) is 3.26. The summed E-state index contributed by atoms with van der Waals surface area (Å²) in [6.45, 7) is 10.7. The quantitative estimate of drug-likeness (QED) is 0.743. The van der Waals surface area contributed by atoms with E-state index in [1.54, 1.807) is 12.3 Å². The highest BCUT2D eigenvalue weighted by Crippen LogP contribution is 2.28. The third-order valence-corrected chi connectivity index (χ3v) is 1.70. The first-order chi connectivity index (χ1) is 6.13. The number of hydrogen-bond acceptors (Lipinski definition) is 2. The van der Waals surface area contributed by atoms with E-state index in [0.29, 0.717) is 11.6 Å². The standard InChI is InChI=1S/C9H9BrN2O/c1-6(2)13-9-8(11-3)4-7(10)5-12-9/h4-6H,1-2H3. The lowest BCUT2D eigenvalue weighted by Gasteiger charge is -2.09. The fourth-order valence-corrected chi connectivity index (χ4v) is 1.13. The molecule has 0 atom stereocenters. The van der Waals surface area contributed by atoms with E-state index in [2.05, 4.69) is 25.8 Å². The molecule has 0 unspecified atom stereocenters. The van der Waals surface area contributed by atoms with E-state index >= 15 is 0 Å². The van der Waals surface area contributed by atoms with Gasteiger partial charge in [0.05, 0.1) is 12.7 Å². The van der Waals surface area contributed by atoms with Crippen molar-refractivity contribution in [3.8, 4) is 5.88 Å². The molecule has 0 saturated carbocycles. The van der Waals surface area contributed by atoms with E-state index in [4.69, 9.17) is 11.3 Å². The minimum Gasteiger partial charge on any atom is -0.484 e. The Balaban J connectivity index is 3.01. The Morgan fingerprint density at radius 2 is 2.31 bits per heavy atom. The van der Waals surface area contributed by atoms with Crippen LogP contribution in [-0.4, -0.2) is 11.1 Å². The minimum atomic E-state index is 0.0363. The van der Waals surface area contributed by atoms with Gasteiger partial charge in [-0.25, -0.2) is 9.83 Å².